The highest BCUT2D eigenvalue weighted by Crippen LogP contribution is 2.23. The molecule has 18 heavy (non-hydrogen) atoms. The van der Waals surface area contributed by atoms with E-state index >= 15 is 0 Å². The van der Waals surface area contributed by atoms with E-state index in [4.69, 9.17) is 9.52 Å². The first kappa shape index (κ1) is 12.4. The van der Waals surface area contributed by atoms with Crippen LogP contribution in [0.4, 0.5) is 0 Å². The van der Waals surface area contributed by atoms with Crippen molar-refractivity contribution in [3.05, 3.63) is 53.9 Å². The highest BCUT2D eigenvalue weighted by Gasteiger charge is 2.03. The number of thioether (sulfide) groups is 1. The van der Waals surface area contributed by atoms with E-state index in [-0.39, 0.29) is 0 Å². The zero-order valence-electron chi connectivity index (χ0n) is 9.45. The SMILES string of the molecule is O=C(O)/C=C/c1ccccc1CSc1ncco1. The lowest BCUT2D eigenvalue weighted by molar-refractivity contribution is -0.131. The predicted molar refractivity (Wildman–Crippen MR) is 69.2 cm³/mol. The van der Waals surface area contributed by atoms with Crippen LogP contribution in [0.1, 0.15) is 11.1 Å². The molecular formula is C13H11NO3S. The van der Waals surface area contributed by atoms with Crippen LogP contribution in [-0.2, 0) is 10.5 Å². The van der Waals surface area contributed by atoms with Gasteiger partial charge in [-0.1, -0.05) is 36.0 Å². The molecule has 0 unspecified atom stereocenters. The number of oxazole rings is 1. The average Bonchev–Trinajstić information content (AvgIpc) is 2.88. The molecule has 5 heteroatoms. The molecule has 0 spiro atoms. The van der Waals surface area contributed by atoms with Gasteiger partial charge in [-0.25, -0.2) is 9.78 Å². The molecule has 4 nitrogen and oxygen atoms in total. The maximum atomic E-state index is 10.5. The fraction of sp³-hybridized carbons (Fsp3) is 0.0769. The molecule has 0 fully saturated rings. The zero-order valence-corrected chi connectivity index (χ0v) is 10.3. The van der Waals surface area contributed by atoms with Crippen molar-refractivity contribution in [2.75, 3.05) is 0 Å². The van der Waals surface area contributed by atoms with Gasteiger partial charge in [-0.3, -0.25) is 0 Å². The number of benzene rings is 1. The van der Waals surface area contributed by atoms with Crippen molar-refractivity contribution in [1.29, 1.82) is 0 Å². The summed E-state index contributed by atoms with van der Waals surface area (Å²) < 4.78 is 5.13. The van der Waals surface area contributed by atoms with E-state index in [9.17, 15) is 4.79 Å². The normalized spacial score (nSPS) is 10.9. The third-order valence-corrected chi connectivity index (χ3v) is 3.13. The maximum absolute atomic E-state index is 10.5. The maximum Gasteiger partial charge on any atom is 0.328 e. The molecule has 2 aromatic rings. The molecule has 92 valence electrons. The Morgan fingerprint density at radius 3 is 3.00 bits per heavy atom. The summed E-state index contributed by atoms with van der Waals surface area (Å²) in [6.45, 7) is 0. The molecule has 0 aliphatic carbocycles. The van der Waals surface area contributed by atoms with Gasteiger partial charge >= 0.3 is 5.97 Å². The van der Waals surface area contributed by atoms with Gasteiger partial charge in [-0.05, 0) is 17.2 Å². The van der Waals surface area contributed by atoms with E-state index in [1.54, 1.807) is 12.3 Å². The van der Waals surface area contributed by atoms with E-state index in [0.29, 0.717) is 11.0 Å². The van der Waals surface area contributed by atoms with Crippen LogP contribution in [0.25, 0.3) is 6.08 Å². The zero-order chi connectivity index (χ0) is 12.8. The van der Waals surface area contributed by atoms with E-state index in [0.717, 1.165) is 17.2 Å². The summed E-state index contributed by atoms with van der Waals surface area (Å²) in [5.41, 5.74) is 1.93. The molecule has 0 bridgehead atoms. The lowest BCUT2D eigenvalue weighted by Gasteiger charge is -2.03. The Balaban J connectivity index is 2.09. The smallest absolute Gasteiger partial charge is 0.328 e. The number of aliphatic carboxylic acids is 1. The molecular weight excluding hydrogens is 250 g/mol. The Kier molecular flexibility index (Phi) is 4.20. The number of rotatable bonds is 5. The van der Waals surface area contributed by atoms with Gasteiger partial charge in [0.1, 0.15) is 6.26 Å². The minimum Gasteiger partial charge on any atom is -0.478 e. The van der Waals surface area contributed by atoms with Crippen LogP contribution in [0, 0.1) is 0 Å². The predicted octanol–water partition coefficient (Wildman–Crippen LogP) is 3.06. The Hall–Kier alpha value is -2.01. The quantitative estimate of drug-likeness (QED) is 0.662. The van der Waals surface area contributed by atoms with Gasteiger partial charge in [-0.2, -0.15) is 0 Å². The van der Waals surface area contributed by atoms with Gasteiger partial charge in [-0.15, -0.1) is 0 Å². The second-order valence-corrected chi connectivity index (χ2v) is 4.38. The molecule has 1 aromatic heterocycles. The van der Waals surface area contributed by atoms with Gasteiger partial charge in [0, 0.05) is 11.8 Å². The highest BCUT2D eigenvalue weighted by atomic mass is 32.2. The van der Waals surface area contributed by atoms with Crippen molar-refractivity contribution in [2.24, 2.45) is 0 Å². The number of hydrogen-bond donors (Lipinski definition) is 1. The molecule has 0 saturated carbocycles. The molecule has 0 radical (unpaired) electrons. The van der Waals surface area contributed by atoms with Crippen LogP contribution in [-0.4, -0.2) is 16.1 Å². The Labute approximate surface area is 108 Å². The van der Waals surface area contributed by atoms with Crippen LogP contribution in [0.3, 0.4) is 0 Å². The third-order valence-electron chi connectivity index (χ3n) is 2.22. The molecule has 0 amide bonds. The van der Waals surface area contributed by atoms with Gasteiger partial charge < -0.3 is 9.52 Å². The fourth-order valence-electron chi connectivity index (χ4n) is 1.41. The molecule has 1 aromatic carbocycles. The molecule has 1 heterocycles. The van der Waals surface area contributed by atoms with Gasteiger partial charge in [0.2, 0.25) is 0 Å². The minimum atomic E-state index is -0.954. The summed E-state index contributed by atoms with van der Waals surface area (Å²) in [5.74, 6) is -0.272. The third kappa shape index (κ3) is 3.49. The largest absolute Gasteiger partial charge is 0.478 e. The van der Waals surface area contributed by atoms with Crippen molar-refractivity contribution in [1.82, 2.24) is 4.98 Å². The Morgan fingerprint density at radius 2 is 2.28 bits per heavy atom. The van der Waals surface area contributed by atoms with E-state index in [1.165, 1.54) is 18.0 Å². The van der Waals surface area contributed by atoms with Gasteiger partial charge in [0.25, 0.3) is 5.22 Å². The Morgan fingerprint density at radius 1 is 1.44 bits per heavy atom. The molecule has 0 saturated heterocycles. The lowest BCUT2D eigenvalue weighted by atomic mass is 10.1. The van der Waals surface area contributed by atoms with E-state index in [1.807, 2.05) is 24.3 Å². The van der Waals surface area contributed by atoms with Crippen LogP contribution < -0.4 is 0 Å². The number of carboxylic acids is 1. The van der Waals surface area contributed by atoms with Crippen LogP contribution in [0.5, 0.6) is 0 Å². The number of aromatic nitrogens is 1. The summed E-state index contributed by atoms with van der Waals surface area (Å²) in [4.78, 5) is 14.5. The topological polar surface area (TPSA) is 63.3 Å². The first-order valence-corrected chi connectivity index (χ1v) is 6.25. The number of hydrogen-bond acceptors (Lipinski definition) is 4. The van der Waals surface area contributed by atoms with Crippen molar-refractivity contribution in [2.45, 2.75) is 11.0 Å². The number of carbonyl (C=O) groups is 1. The first-order chi connectivity index (χ1) is 8.75. The summed E-state index contributed by atoms with van der Waals surface area (Å²) in [5, 5.41) is 9.23. The van der Waals surface area contributed by atoms with Crippen molar-refractivity contribution >= 4 is 23.8 Å². The van der Waals surface area contributed by atoms with Crippen molar-refractivity contribution in [3.63, 3.8) is 0 Å². The second kappa shape index (κ2) is 6.07. The highest BCUT2D eigenvalue weighted by molar-refractivity contribution is 7.98. The van der Waals surface area contributed by atoms with E-state index in [2.05, 4.69) is 4.98 Å². The number of carboxylic acid groups (broad SMARTS) is 1. The van der Waals surface area contributed by atoms with Gasteiger partial charge in [0.15, 0.2) is 0 Å². The summed E-state index contributed by atoms with van der Waals surface area (Å²) in [6, 6.07) is 7.63. The van der Waals surface area contributed by atoms with Crippen molar-refractivity contribution in [3.8, 4) is 0 Å². The van der Waals surface area contributed by atoms with Crippen molar-refractivity contribution < 1.29 is 14.3 Å². The molecule has 0 atom stereocenters. The lowest BCUT2D eigenvalue weighted by Crippen LogP contribution is -1.89. The fourth-order valence-corrected chi connectivity index (χ4v) is 2.21. The van der Waals surface area contributed by atoms with Crippen LogP contribution in [0.2, 0.25) is 0 Å². The second-order valence-electron chi connectivity index (χ2n) is 3.46. The number of nitrogens with zero attached hydrogens (tertiary/aromatic N) is 1. The monoisotopic (exact) mass is 261 g/mol. The standard InChI is InChI=1S/C13H11NO3S/c15-12(16)6-5-10-3-1-2-4-11(10)9-18-13-14-7-8-17-13/h1-8H,9H2,(H,15,16)/b6-5+. The summed E-state index contributed by atoms with van der Waals surface area (Å²) in [7, 11) is 0. The van der Waals surface area contributed by atoms with Crippen LogP contribution in [0.15, 0.2) is 52.4 Å². The van der Waals surface area contributed by atoms with E-state index < -0.39 is 5.97 Å². The molecule has 0 aliphatic heterocycles. The molecule has 2 rings (SSSR count). The summed E-state index contributed by atoms with van der Waals surface area (Å²) in [6.07, 6.45) is 5.85. The molecule has 1 N–H and O–H groups in total. The van der Waals surface area contributed by atoms with Gasteiger partial charge in [0.05, 0.1) is 6.20 Å². The van der Waals surface area contributed by atoms with Crippen LogP contribution >= 0.6 is 11.8 Å². The average molecular weight is 261 g/mol. The first-order valence-electron chi connectivity index (χ1n) is 5.27. The Bertz CT molecular complexity index is 549. The molecule has 0 aliphatic rings. The minimum absolute atomic E-state index is 0.604. The summed E-state index contributed by atoms with van der Waals surface area (Å²) >= 11 is 1.47.